The van der Waals surface area contributed by atoms with Gasteiger partial charge in [0.2, 0.25) is 5.82 Å². The molecule has 2 rings (SSSR count). The number of hydrogen-bond donors (Lipinski definition) is 3. The largest absolute Gasteiger partial charge is 0.344 e. The average Bonchev–Trinajstić information content (AvgIpc) is 2.96. The van der Waals surface area contributed by atoms with Crippen LogP contribution < -0.4 is 5.32 Å². The maximum atomic E-state index is 11.7. The van der Waals surface area contributed by atoms with Gasteiger partial charge in [-0.05, 0) is 6.07 Å². The van der Waals surface area contributed by atoms with Gasteiger partial charge in [0.05, 0.1) is 12.2 Å². The highest BCUT2D eigenvalue weighted by molar-refractivity contribution is 5.90. The predicted molar refractivity (Wildman–Crippen MR) is 60.2 cm³/mol. The third-order valence-electron chi connectivity index (χ3n) is 2.25. The van der Waals surface area contributed by atoms with E-state index in [4.69, 9.17) is 0 Å². The van der Waals surface area contributed by atoms with Crippen molar-refractivity contribution in [3.63, 3.8) is 0 Å². The van der Waals surface area contributed by atoms with Gasteiger partial charge in [0.25, 0.3) is 5.91 Å². The minimum atomic E-state index is -0.303. The normalized spacial score (nSPS) is 10.8. The lowest BCUT2D eigenvalue weighted by atomic mass is 10.2. The zero-order chi connectivity index (χ0) is 12.3. The van der Waals surface area contributed by atoms with Crippen LogP contribution in [-0.2, 0) is 6.54 Å². The summed E-state index contributed by atoms with van der Waals surface area (Å²) in [5.74, 6) is 0.782. The summed E-state index contributed by atoms with van der Waals surface area (Å²) in [6.45, 7) is 4.34. The fourth-order valence-corrected chi connectivity index (χ4v) is 1.27. The molecule has 0 bridgehead atoms. The van der Waals surface area contributed by atoms with Gasteiger partial charge < -0.3 is 5.32 Å². The molecule has 0 saturated heterocycles. The zero-order valence-electron chi connectivity index (χ0n) is 9.69. The molecule has 17 heavy (non-hydrogen) atoms. The first-order valence-corrected chi connectivity index (χ1v) is 5.35. The maximum Gasteiger partial charge on any atom is 0.291 e. The molecular weight excluding hydrogens is 220 g/mol. The lowest BCUT2D eigenvalue weighted by Gasteiger charge is -1.99. The highest BCUT2D eigenvalue weighted by Crippen LogP contribution is 2.07. The molecular formula is C10H14N6O. The number of carbonyl (C=O) groups is 1. The van der Waals surface area contributed by atoms with Crippen molar-refractivity contribution in [2.24, 2.45) is 0 Å². The molecule has 0 aromatic carbocycles. The van der Waals surface area contributed by atoms with E-state index >= 15 is 0 Å². The number of carbonyl (C=O) groups excluding carboxylic acids is 1. The molecule has 7 nitrogen and oxygen atoms in total. The lowest BCUT2D eigenvalue weighted by Crippen LogP contribution is -2.24. The van der Waals surface area contributed by atoms with E-state index < -0.39 is 0 Å². The van der Waals surface area contributed by atoms with Crippen molar-refractivity contribution in [3.8, 4) is 0 Å². The SMILES string of the molecule is CC(C)c1nc(C(=O)NCc2ccn[nH]2)n[nH]1. The van der Waals surface area contributed by atoms with Gasteiger partial charge in [-0.1, -0.05) is 13.8 Å². The van der Waals surface area contributed by atoms with Crippen molar-refractivity contribution in [1.29, 1.82) is 0 Å². The van der Waals surface area contributed by atoms with Crippen LogP contribution in [0.15, 0.2) is 12.3 Å². The molecule has 3 N–H and O–H groups in total. The Balaban J connectivity index is 1.95. The molecule has 0 unspecified atom stereocenters. The van der Waals surface area contributed by atoms with Gasteiger partial charge in [-0.15, -0.1) is 5.10 Å². The Labute approximate surface area is 98.0 Å². The number of nitrogens with zero attached hydrogens (tertiary/aromatic N) is 3. The molecule has 0 fully saturated rings. The third kappa shape index (κ3) is 2.68. The van der Waals surface area contributed by atoms with Crippen LogP contribution in [0.2, 0.25) is 0 Å². The van der Waals surface area contributed by atoms with E-state index in [1.54, 1.807) is 12.3 Å². The summed E-state index contributed by atoms with van der Waals surface area (Å²) in [7, 11) is 0. The molecule has 0 aliphatic carbocycles. The Kier molecular flexibility index (Phi) is 3.17. The third-order valence-corrected chi connectivity index (χ3v) is 2.25. The van der Waals surface area contributed by atoms with Gasteiger partial charge in [-0.2, -0.15) is 5.10 Å². The van der Waals surface area contributed by atoms with E-state index in [9.17, 15) is 4.79 Å². The van der Waals surface area contributed by atoms with Crippen LogP contribution in [-0.4, -0.2) is 31.3 Å². The summed E-state index contributed by atoms with van der Waals surface area (Å²) in [5.41, 5.74) is 0.831. The van der Waals surface area contributed by atoms with Gasteiger partial charge in [-0.25, -0.2) is 4.98 Å². The highest BCUT2D eigenvalue weighted by atomic mass is 16.2. The fraction of sp³-hybridized carbons (Fsp3) is 0.400. The minimum absolute atomic E-state index is 0.160. The van der Waals surface area contributed by atoms with Crippen LogP contribution in [0.1, 0.15) is 41.9 Å². The highest BCUT2D eigenvalue weighted by Gasteiger charge is 2.13. The molecule has 0 spiro atoms. The van der Waals surface area contributed by atoms with Gasteiger partial charge in [-0.3, -0.25) is 15.0 Å². The number of nitrogens with one attached hydrogen (secondary N) is 3. The van der Waals surface area contributed by atoms with E-state index in [1.165, 1.54) is 0 Å². The topological polar surface area (TPSA) is 99.3 Å². The summed E-state index contributed by atoms with van der Waals surface area (Å²) in [6, 6.07) is 1.79. The standard InChI is InChI=1S/C10H14N6O/c1-6(2)8-13-9(16-15-8)10(17)11-5-7-3-4-12-14-7/h3-4,6H,5H2,1-2H3,(H,11,17)(H,12,14)(H,13,15,16). The molecule has 7 heteroatoms. The second-order valence-electron chi connectivity index (χ2n) is 3.96. The molecule has 2 aromatic rings. The molecule has 0 radical (unpaired) electrons. The summed E-state index contributed by atoms with van der Waals surface area (Å²) >= 11 is 0. The van der Waals surface area contributed by atoms with Crippen LogP contribution in [0.25, 0.3) is 0 Å². The van der Waals surface area contributed by atoms with Gasteiger partial charge >= 0.3 is 0 Å². The van der Waals surface area contributed by atoms with Crippen molar-refractivity contribution in [2.75, 3.05) is 0 Å². The van der Waals surface area contributed by atoms with Crippen molar-refractivity contribution in [1.82, 2.24) is 30.7 Å². The maximum absolute atomic E-state index is 11.7. The molecule has 2 aromatic heterocycles. The van der Waals surface area contributed by atoms with Gasteiger partial charge in [0.15, 0.2) is 0 Å². The van der Waals surface area contributed by atoms with E-state index in [0.717, 1.165) is 5.69 Å². The van der Waals surface area contributed by atoms with Crippen LogP contribution in [0.5, 0.6) is 0 Å². The smallest absolute Gasteiger partial charge is 0.291 e. The van der Waals surface area contributed by atoms with Crippen molar-refractivity contribution in [2.45, 2.75) is 26.3 Å². The number of amides is 1. The second kappa shape index (κ2) is 4.77. The van der Waals surface area contributed by atoms with E-state index in [-0.39, 0.29) is 17.6 Å². The molecule has 0 aliphatic rings. The summed E-state index contributed by atoms with van der Waals surface area (Å²) < 4.78 is 0. The number of H-pyrrole nitrogens is 2. The van der Waals surface area contributed by atoms with Crippen molar-refractivity contribution < 1.29 is 4.79 Å². The first kappa shape index (κ1) is 11.3. The van der Waals surface area contributed by atoms with Crippen LogP contribution in [0.3, 0.4) is 0 Å². The number of rotatable bonds is 4. The Morgan fingerprint density at radius 2 is 2.29 bits per heavy atom. The Morgan fingerprint density at radius 1 is 1.47 bits per heavy atom. The first-order chi connectivity index (χ1) is 8.16. The summed E-state index contributed by atoms with van der Waals surface area (Å²) in [5, 5.41) is 15.8. The van der Waals surface area contributed by atoms with Crippen LogP contribution in [0, 0.1) is 0 Å². The van der Waals surface area contributed by atoms with E-state index in [2.05, 4.69) is 30.7 Å². The molecule has 0 atom stereocenters. The lowest BCUT2D eigenvalue weighted by molar-refractivity contribution is 0.0940. The predicted octanol–water partition coefficient (Wildman–Crippen LogP) is 0.581. The first-order valence-electron chi connectivity index (χ1n) is 5.35. The summed E-state index contributed by atoms with van der Waals surface area (Å²) in [6.07, 6.45) is 1.63. The van der Waals surface area contributed by atoms with Crippen molar-refractivity contribution >= 4 is 5.91 Å². The number of hydrogen-bond acceptors (Lipinski definition) is 4. The molecule has 90 valence electrons. The average molecular weight is 234 g/mol. The van der Waals surface area contributed by atoms with Crippen LogP contribution in [0.4, 0.5) is 0 Å². The molecule has 1 amide bonds. The fourth-order valence-electron chi connectivity index (χ4n) is 1.27. The van der Waals surface area contributed by atoms with E-state index in [0.29, 0.717) is 12.4 Å². The minimum Gasteiger partial charge on any atom is -0.344 e. The second-order valence-corrected chi connectivity index (χ2v) is 3.96. The summed E-state index contributed by atoms with van der Waals surface area (Å²) in [4.78, 5) is 15.8. The van der Waals surface area contributed by atoms with Gasteiger partial charge in [0.1, 0.15) is 5.82 Å². The molecule has 0 aliphatic heterocycles. The van der Waals surface area contributed by atoms with Crippen LogP contribution >= 0.6 is 0 Å². The van der Waals surface area contributed by atoms with Crippen molar-refractivity contribution in [3.05, 3.63) is 29.6 Å². The Hall–Kier alpha value is -2.18. The van der Waals surface area contributed by atoms with E-state index in [1.807, 2.05) is 13.8 Å². The Bertz CT molecular complexity index is 487. The molecule has 0 saturated carbocycles. The Morgan fingerprint density at radius 3 is 2.88 bits per heavy atom. The zero-order valence-corrected chi connectivity index (χ0v) is 9.69. The monoisotopic (exact) mass is 234 g/mol. The quantitative estimate of drug-likeness (QED) is 0.720. The number of aromatic amines is 2. The molecule has 2 heterocycles. The van der Waals surface area contributed by atoms with Gasteiger partial charge in [0, 0.05) is 12.1 Å². The number of aromatic nitrogens is 5.